The van der Waals surface area contributed by atoms with Crippen molar-refractivity contribution >= 4 is 34.0 Å². The molecular weight excluding hydrogens is 291 g/mol. The zero-order valence-electron chi connectivity index (χ0n) is 10.8. The van der Waals surface area contributed by atoms with Crippen molar-refractivity contribution in [2.75, 3.05) is 5.73 Å². The number of carbonyl (C=O) groups is 1. The Balaban J connectivity index is 2.13. The summed E-state index contributed by atoms with van der Waals surface area (Å²) in [6.45, 7) is 0. The van der Waals surface area contributed by atoms with Gasteiger partial charge in [-0.2, -0.15) is 0 Å². The number of ketones is 1. The Kier molecular flexibility index (Phi) is 3.31. The van der Waals surface area contributed by atoms with Crippen LogP contribution in [0.2, 0.25) is 5.02 Å². The van der Waals surface area contributed by atoms with E-state index in [9.17, 15) is 9.18 Å². The van der Waals surface area contributed by atoms with E-state index in [4.69, 9.17) is 17.3 Å². The Morgan fingerprint density at radius 2 is 1.90 bits per heavy atom. The van der Waals surface area contributed by atoms with Gasteiger partial charge in [-0.05, 0) is 30.3 Å². The van der Waals surface area contributed by atoms with Crippen molar-refractivity contribution in [2.24, 2.45) is 0 Å². The second kappa shape index (κ2) is 5.14. The number of halogens is 2. The van der Waals surface area contributed by atoms with Crippen LogP contribution in [0.5, 0.6) is 0 Å². The maximum absolute atomic E-state index is 13.8. The zero-order chi connectivity index (χ0) is 15.0. The highest BCUT2D eigenvalue weighted by molar-refractivity contribution is 6.30. The van der Waals surface area contributed by atoms with E-state index in [1.165, 1.54) is 18.2 Å². The molecule has 3 rings (SSSR count). The molecule has 0 saturated carbocycles. The molecule has 0 radical (unpaired) electrons. The van der Waals surface area contributed by atoms with Crippen LogP contribution < -0.4 is 5.73 Å². The maximum atomic E-state index is 13.8. The summed E-state index contributed by atoms with van der Waals surface area (Å²) in [7, 11) is 0. The topological polar surface area (TPSA) is 56.0 Å². The van der Waals surface area contributed by atoms with Gasteiger partial charge in [0.05, 0.1) is 11.1 Å². The molecule has 1 aromatic heterocycles. The van der Waals surface area contributed by atoms with E-state index in [2.05, 4.69) is 4.98 Å². The number of fused-ring (bicyclic) bond motifs is 1. The molecule has 0 aliphatic rings. The van der Waals surface area contributed by atoms with Gasteiger partial charge in [0.2, 0.25) is 5.78 Å². The third-order valence-electron chi connectivity index (χ3n) is 3.16. The molecule has 0 bridgehead atoms. The minimum Gasteiger partial charge on any atom is -0.398 e. The largest absolute Gasteiger partial charge is 0.398 e. The van der Waals surface area contributed by atoms with Crippen molar-refractivity contribution in [3.8, 4) is 0 Å². The van der Waals surface area contributed by atoms with Crippen molar-refractivity contribution in [3.05, 3.63) is 70.6 Å². The maximum Gasteiger partial charge on any atom is 0.214 e. The third kappa shape index (κ3) is 2.45. The van der Waals surface area contributed by atoms with E-state index in [1.54, 1.807) is 12.1 Å². The number of rotatable bonds is 2. The number of nitrogens with zero attached hydrogens (tertiary/aromatic N) is 1. The van der Waals surface area contributed by atoms with Gasteiger partial charge in [0.1, 0.15) is 11.5 Å². The molecule has 2 aromatic carbocycles. The Labute approximate surface area is 125 Å². The van der Waals surface area contributed by atoms with Gasteiger partial charge in [-0.3, -0.25) is 4.79 Å². The van der Waals surface area contributed by atoms with E-state index < -0.39 is 11.6 Å². The Hall–Kier alpha value is -2.46. The van der Waals surface area contributed by atoms with Gasteiger partial charge < -0.3 is 5.73 Å². The molecule has 3 aromatic rings. The molecular formula is C16H10ClFN2O. The summed E-state index contributed by atoms with van der Waals surface area (Å²) in [4.78, 5) is 16.6. The summed E-state index contributed by atoms with van der Waals surface area (Å²) in [5.41, 5.74) is 6.97. The molecule has 0 atom stereocenters. The number of benzene rings is 2. The Bertz CT molecular complexity index is 864. The summed E-state index contributed by atoms with van der Waals surface area (Å²) in [6, 6.07) is 12.6. The van der Waals surface area contributed by atoms with Crippen molar-refractivity contribution in [2.45, 2.75) is 0 Å². The van der Waals surface area contributed by atoms with E-state index in [1.807, 2.05) is 12.1 Å². The number of pyridine rings is 1. The number of aromatic nitrogens is 1. The number of carbonyl (C=O) groups excluding carboxylic acids is 1. The minimum atomic E-state index is -0.680. The lowest BCUT2D eigenvalue weighted by atomic mass is 10.1. The quantitative estimate of drug-likeness (QED) is 0.732. The second-order valence-corrected chi connectivity index (χ2v) is 5.00. The first kappa shape index (κ1) is 13.5. The molecule has 21 heavy (non-hydrogen) atoms. The predicted octanol–water partition coefficient (Wildman–Crippen LogP) is 3.84. The fourth-order valence-electron chi connectivity index (χ4n) is 2.13. The average molecular weight is 301 g/mol. The molecule has 1 heterocycles. The lowest BCUT2D eigenvalue weighted by Crippen LogP contribution is -2.08. The van der Waals surface area contributed by atoms with Gasteiger partial charge >= 0.3 is 0 Å². The number of anilines is 1. The van der Waals surface area contributed by atoms with Crippen LogP contribution in [0.1, 0.15) is 16.1 Å². The number of nitrogens with two attached hydrogens (primary N) is 1. The van der Waals surface area contributed by atoms with Gasteiger partial charge in [-0.1, -0.05) is 29.8 Å². The van der Waals surface area contributed by atoms with E-state index >= 15 is 0 Å². The molecule has 0 aliphatic carbocycles. The van der Waals surface area contributed by atoms with Gasteiger partial charge in [0.15, 0.2) is 0 Å². The van der Waals surface area contributed by atoms with Crippen LogP contribution in [0.4, 0.5) is 10.1 Å². The van der Waals surface area contributed by atoms with E-state index in [0.29, 0.717) is 11.2 Å². The lowest BCUT2D eigenvalue weighted by Gasteiger charge is -2.06. The molecule has 2 N–H and O–H groups in total. The lowest BCUT2D eigenvalue weighted by molar-refractivity contribution is 0.103. The van der Waals surface area contributed by atoms with E-state index in [0.717, 1.165) is 11.5 Å². The number of hydrogen-bond donors (Lipinski definition) is 1. The molecule has 0 aliphatic heterocycles. The average Bonchev–Trinajstić information content (AvgIpc) is 2.46. The molecule has 3 nitrogen and oxygen atoms in total. The van der Waals surface area contributed by atoms with E-state index in [-0.39, 0.29) is 16.3 Å². The predicted molar refractivity (Wildman–Crippen MR) is 81.0 cm³/mol. The third-order valence-corrected chi connectivity index (χ3v) is 3.39. The van der Waals surface area contributed by atoms with Crippen molar-refractivity contribution in [1.82, 2.24) is 4.98 Å². The summed E-state index contributed by atoms with van der Waals surface area (Å²) in [5, 5.41) is 0.987. The van der Waals surface area contributed by atoms with Crippen LogP contribution in [0, 0.1) is 5.82 Å². The molecule has 0 fully saturated rings. The van der Waals surface area contributed by atoms with Crippen molar-refractivity contribution in [3.63, 3.8) is 0 Å². The van der Waals surface area contributed by atoms with Gasteiger partial charge in [-0.25, -0.2) is 9.37 Å². The molecule has 104 valence electrons. The van der Waals surface area contributed by atoms with Crippen LogP contribution >= 0.6 is 11.6 Å². The number of nitrogen functional groups attached to an aromatic ring is 1. The summed E-state index contributed by atoms with van der Waals surface area (Å²) >= 11 is 5.68. The molecule has 0 amide bonds. The molecule has 0 unspecified atom stereocenters. The highest BCUT2D eigenvalue weighted by Crippen LogP contribution is 2.23. The van der Waals surface area contributed by atoms with Gasteiger partial charge in [-0.15, -0.1) is 0 Å². The Morgan fingerprint density at radius 1 is 1.14 bits per heavy atom. The highest BCUT2D eigenvalue weighted by Gasteiger charge is 2.17. The first-order valence-corrected chi connectivity index (χ1v) is 6.59. The van der Waals surface area contributed by atoms with Crippen LogP contribution in [0.15, 0.2) is 48.5 Å². The number of hydrogen-bond acceptors (Lipinski definition) is 3. The fraction of sp³-hybridized carbons (Fsp3) is 0. The Morgan fingerprint density at radius 3 is 2.67 bits per heavy atom. The monoisotopic (exact) mass is 300 g/mol. The summed E-state index contributed by atoms with van der Waals surface area (Å²) in [5.74, 6) is -1.21. The van der Waals surface area contributed by atoms with Crippen molar-refractivity contribution in [1.29, 1.82) is 0 Å². The van der Waals surface area contributed by atoms with Crippen LogP contribution in [-0.4, -0.2) is 10.8 Å². The van der Waals surface area contributed by atoms with Crippen LogP contribution in [0.3, 0.4) is 0 Å². The first-order chi connectivity index (χ1) is 10.1. The highest BCUT2D eigenvalue weighted by atomic mass is 35.5. The standard InChI is InChI=1S/C16H10ClFN2O/c17-9-5-6-10(12(18)7-9)16(21)15-8-13(19)11-3-1-2-4-14(11)20-15/h1-8H,(H2,19,20). The first-order valence-electron chi connectivity index (χ1n) is 6.21. The van der Waals surface area contributed by atoms with Crippen LogP contribution in [-0.2, 0) is 0 Å². The molecule has 0 spiro atoms. The van der Waals surface area contributed by atoms with Crippen LogP contribution in [0.25, 0.3) is 10.9 Å². The smallest absolute Gasteiger partial charge is 0.214 e. The van der Waals surface area contributed by atoms with Gasteiger partial charge in [0.25, 0.3) is 0 Å². The minimum absolute atomic E-state index is 0.0819. The second-order valence-electron chi connectivity index (χ2n) is 4.57. The molecule has 0 saturated heterocycles. The van der Waals surface area contributed by atoms with Crippen molar-refractivity contribution < 1.29 is 9.18 Å². The SMILES string of the molecule is Nc1cc(C(=O)c2ccc(Cl)cc2F)nc2ccccc12. The zero-order valence-corrected chi connectivity index (χ0v) is 11.6. The molecule has 5 heteroatoms. The summed E-state index contributed by atoms with van der Waals surface area (Å²) < 4.78 is 13.8. The number of para-hydroxylation sites is 1. The van der Waals surface area contributed by atoms with Gasteiger partial charge in [0, 0.05) is 16.1 Å². The normalized spacial score (nSPS) is 10.8. The fourth-order valence-corrected chi connectivity index (χ4v) is 2.29. The summed E-state index contributed by atoms with van der Waals surface area (Å²) in [6.07, 6.45) is 0.